The number of ketones is 1. The lowest BCUT2D eigenvalue weighted by Crippen LogP contribution is -2.40. The van der Waals surface area contributed by atoms with Crippen molar-refractivity contribution < 1.29 is 9.53 Å². The van der Waals surface area contributed by atoms with Gasteiger partial charge in [-0.2, -0.15) is 0 Å². The van der Waals surface area contributed by atoms with Crippen molar-refractivity contribution in [3.63, 3.8) is 0 Å². The Morgan fingerprint density at radius 1 is 0.882 bits per heavy atom. The van der Waals surface area contributed by atoms with Gasteiger partial charge in [-0.15, -0.1) is 0 Å². The smallest absolute Gasteiger partial charge is 0.169 e. The second-order valence-corrected chi connectivity index (χ2v) is 10.6. The Balaban J connectivity index is 1.41. The number of hydrogen-bond donors (Lipinski definition) is 0. The maximum absolute atomic E-state index is 14.1. The Hall–Kier alpha value is -2.87. The molecule has 0 unspecified atom stereocenters. The van der Waals surface area contributed by atoms with Gasteiger partial charge in [0, 0.05) is 5.92 Å². The van der Waals surface area contributed by atoms with E-state index >= 15 is 0 Å². The first-order valence-corrected chi connectivity index (χ1v) is 13.2. The van der Waals surface area contributed by atoms with Crippen LogP contribution in [0, 0.1) is 11.3 Å². The Bertz CT molecular complexity index is 1150. The maximum atomic E-state index is 14.1. The fourth-order valence-electron chi connectivity index (χ4n) is 6.83. The zero-order valence-corrected chi connectivity index (χ0v) is 20.0. The molecule has 0 radical (unpaired) electrons. The van der Waals surface area contributed by atoms with Crippen LogP contribution in [0.3, 0.4) is 0 Å². The van der Waals surface area contributed by atoms with Crippen molar-refractivity contribution in [2.24, 2.45) is 11.3 Å². The highest BCUT2D eigenvalue weighted by Crippen LogP contribution is 2.59. The summed E-state index contributed by atoms with van der Waals surface area (Å²) < 4.78 is 7.04. The molecule has 1 spiro atoms. The van der Waals surface area contributed by atoms with Crippen molar-refractivity contribution in [2.45, 2.75) is 70.3 Å². The maximum Gasteiger partial charge on any atom is 0.169 e. The lowest BCUT2D eigenvalue weighted by atomic mass is 9.66. The van der Waals surface area contributed by atoms with Crippen LogP contribution in [0.5, 0.6) is 0 Å². The second-order valence-electron chi connectivity index (χ2n) is 10.6. The summed E-state index contributed by atoms with van der Waals surface area (Å²) in [5.41, 5.74) is 5.74. The van der Waals surface area contributed by atoms with Gasteiger partial charge in [0.15, 0.2) is 5.78 Å². The number of Topliss-reactive ketones (excluding diaryl/α,β-unsaturated/α-hetero) is 1. The first-order valence-electron chi connectivity index (χ1n) is 13.2. The van der Waals surface area contributed by atoms with Crippen molar-refractivity contribution >= 4 is 11.9 Å². The lowest BCUT2D eigenvalue weighted by Gasteiger charge is -2.46. The summed E-state index contributed by atoms with van der Waals surface area (Å²) in [7, 11) is 0. The Kier molecular flexibility index (Phi) is 5.77. The van der Waals surface area contributed by atoms with Crippen LogP contribution < -0.4 is 0 Å². The van der Waals surface area contributed by atoms with Gasteiger partial charge in [-0.3, -0.25) is 4.79 Å². The zero-order valence-electron chi connectivity index (χ0n) is 20.0. The third-order valence-electron chi connectivity index (χ3n) is 8.51. The van der Waals surface area contributed by atoms with Gasteiger partial charge < -0.3 is 4.74 Å². The van der Waals surface area contributed by atoms with Crippen LogP contribution in [0.4, 0.5) is 0 Å². The largest absolute Gasteiger partial charge is 0.488 e. The molecule has 0 N–H and O–H groups in total. The first kappa shape index (κ1) is 21.6. The van der Waals surface area contributed by atoms with Gasteiger partial charge in [-0.05, 0) is 92.6 Å². The van der Waals surface area contributed by atoms with Crippen LogP contribution in [0.1, 0.15) is 81.4 Å². The van der Waals surface area contributed by atoms with E-state index in [0.717, 1.165) is 42.4 Å². The monoisotopic (exact) mass is 450 g/mol. The Morgan fingerprint density at radius 2 is 1.68 bits per heavy atom. The van der Waals surface area contributed by atoms with Gasteiger partial charge in [-0.25, -0.2) is 0 Å². The zero-order chi connectivity index (χ0) is 23.0. The summed E-state index contributed by atoms with van der Waals surface area (Å²) in [5, 5.41) is 0. The van der Waals surface area contributed by atoms with Crippen LogP contribution in [0.15, 0.2) is 89.2 Å². The molecule has 1 heterocycles. The van der Waals surface area contributed by atoms with Crippen LogP contribution in [-0.4, -0.2) is 5.78 Å². The van der Waals surface area contributed by atoms with Crippen LogP contribution in [0.25, 0.3) is 6.08 Å². The molecule has 1 aliphatic heterocycles. The molecule has 0 aromatic heterocycles. The molecule has 6 rings (SSSR count). The fraction of sp³-hybridized carbons (Fsp3) is 0.406. The highest BCUT2D eigenvalue weighted by atomic mass is 16.5. The van der Waals surface area contributed by atoms with E-state index in [0.29, 0.717) is 11.7 Å². The topological polar surface area (TPSA) is 26.3 Å². The highest BCUT2D eigenvalue weighted by molar-refractivity contribution is 6.06. The Labute approximate surface area is 203 Å². The molecule has 1 fully saturated rings. The molecule has 3 aliphatic carbocycles. The lowest BCUT2D eigenvalue weighted by molar-refractivity contribution is -0.134. The molecule has 2 heteroatoms. The molecule has 2 aromatic carbocycles. The third-order valence-corrected chi connectivity index (χ3v) is 8.51. The average Bonchev–Trinajstić information content (AvgIpc) is 3.19. The molecular weight excluding hydrogens is 416 g/mol. The molecule has 0 bridgehead atoms. The van der Waals surface area contributed by atoms with E-state index in [2.05, 4.69) is 54.6 Å². The van der Waals surface area contributed by atoms with Gasteiger partial charge in [0.05, 0.1) is 5.41 Å². The molecule has 1 saturated carbocycles. The van der Waals surface area contributed by atoms with Crippen LogP contribution in [-0.2, 0) is 9.53 Å². The van der Waals surface area contributed by atoms with E-state index in [-0.39, 0.29) is 6.10 Å². The summed E-state index contributed by atoms with van der Waals surface area (Å²) in [6.45, 7) is 0. The van der Waals surface area contributed by atoms with Crippen molar-refractivity contribution in [3.05, 3.63) is 100 Å². The van der Waals surface area contributed by atoms with Gasteiger partial charge in [0.2, 0.25) is 0 Å². The van der Waals surface area contributed by atoms with Gasteiger partial charge in [0.1, 0.15) is 11.9 Å². The van der Waals surface area contributed by atoms with Gasteiger partial charge in [0.25, 0.3) is 0 Å². The number of rotatable bonds is 3. The van der Waals surface area contributed by atoms with Gasteiger partial charge >= 0.3 is 0 Å². The summed E-state index contributed by atoms with van der Waals surface area (Å²) in [6, 6.07) is 20.8. The van der Waals surface area contributed by atoms with Crippen molar-refractivity contribution in [3.8, 4) is 0 Å². The molecule has 2 aromatic rings. The molecule has 34 heavy (non-hydrogen) atoms. The predicted octanol–water partition coefficient (Wildman–Crippen LogP) is 8.14. The minimum atomic E-state index is -0.483. The number of hydrogen-bond acceptors (Lipinski definition) is 2. The SMILES string of the molecule is O=C1C(=Cc2ccccc2)CC[C@]12CC1=C(O[C@@H]2c2ccccc2)[C@H](C2=CCCCC2)CCC1. The molecular formula is C32H34O2. The van der Waals surface area contributed by atoms with Crippen molar-refractivity contribution in [2.75, 3.05) is 0 Å². The number of carbonyl (C=O) groups is 1. The minimum absolute atomic E-state index is 0.202. The minimum Gasteiger partial charge on any atom is -0.488 e. The van der Waals surface area contributed by atoms with E-state index in [1.165, 1.54) is 49.9 Å². The molecule has 2 nitrogen and oxygen atoms in total. The molecule has 174 valence electrons. The first-order chi connectivity index (χ1) is 16.7. The van der Waals surface area contributed by atoms with E-state index in [4.69, 9.17) is 4.74 Å². The predicted molar refractivity (Wildman–Crippen MR) is 137 cm³/mol. The summed E-state index contributed by atoms with van der Waals surface area (Å²) in [5.74, 6) is 1.94. The van der Waals surface area contributed by atoms with Crippen molar-refractivity contribution in [1.29, 1.82) is 0 Å². The average molecular weight is 451 g/mol. The van der Waals surface area contributed by atoms with E-state index in [1.807, 2.05) is 18.2 Å². The fourth-order valence-corrected chi connectivity index (χ4v) is 6.83. The number of allylic oxidation sites excluding steroid dienone is 4. The third kappa shape index (κ3) is 3.78. The number of ether oxygens (including phenoxy) is 1. The second kappa shape index (κ2) is 9.06. The summed E-state index contributed by atoms with van der Waals surface area (Å²) in [4.78, 5) is 14.1. The highest BCUT2D eigenvalue weighted by Gasteiger charge is 2.56. The number of carbonyl (C=O) groups excluding carboxylic acids is 1. The summed E-state index contributed by atoms with van der Waals surface area (Å²) >= 11 is 0. The normalized spacial score (nSPS) is 30.3. The molecule has 0 amide bonds. The summed E-state index contributed by atoms with van der Waals surface area (Å²) in [6.07, 6.45) is 15.4. The van der Waals surface area contributed by atoms with E-state index in [1.54, 1.807) is 5.57 Å². The standard InChI is InChI=1S/C32H34O2/c33-30-26(21-23-11-4-1-5-12-23)19-20-32(30)22-27-17-10-18-28(24-13-6-2-7-14-24)29(27)34-31(32)25-15-8-3-9-16-25/h1,3-5,8-9,11-13,15-16,21,28,31H,2,6-7,10,14,17-20,22H2/t28-,31+,32-/m0/s1. The van der Waals surface area contributed by atoms with E-state index < -0.39 is 5.41 Å². The van der Waals surface area contributed by atoms with Crippen LogP contribution >= 0.6 is 0 Å². The van der Waals surface area contributed by atoms with Crippen LogP contribution in [0.2, 0.25) is 0 Å². The quantitative estimate of drug-likeness (QED) is 0.348. The molecule has 4 aliphatic rings. The molecule has 3 atom stereocenters. The molecule has 0 saturated heterocycles. The Morgan fingerprint density at radius 3 is 2.44 bits per heavy atom. The van der Waals surface area contributed by atoms with E-state index in [9.17, 15) is 4.79 Å². The number of benzene rings is 2. The van der Waals surface area contributed by atoms with Crippen molar-refractivity contribution in [1.82, 2.24) is 0 Å². The van der Waals surface area contributed by atoms with Gasteiger partial charge in [-0.1, -0.05) is 72.3 Å².